The molecule has 0 aliphatic carbocycles. The summed E-state index contributed by atoms with van der Waals surface area (Å²) in [4.78, 5) is 24.7. The Bertz CT molecular complexity index is 504. The smallest absolute Gasteiger partial charge is 0.299 e. The Labute approximate surface area is 105 Å². The van der Waals surface area contributed by atoms with Gasteiger partial charge in [0.15, 0.2) is 0 Å². The van der Waals surface area contributed by atoms with Crippen LogP contribution in [0.3, 0.4) is 0 Å². The average Bonchev–Trinajstić information content (AvgIpc) is 2.51. The van der Waals surface area contributed by atoms with Crippen LogP contribution in [0.2, 0.25) is 0 Å². The number of benzene rings is 1. The number of carbonyl (C=O) groups is 2. The lowest BCUT2D eigenvalue weighted by atomic mass is 10.1. The molecule has 1 aromatic rings. The van der Waals surface area contributed by atoms with Crippen molar-refractivity contribution in [2.24, 2.45) is 0 Å². The Morgan fingerprint density at radius 1 is 1.41 bits per heavy atom. The normalized spacial score (nSPS) is 14.4. The SMILES string of the molecule is COCCN1C(=O)C(=O)c2cc(F)cc(Br)c21. The van der Waals surface area contributed by atoms with E-state index in [9.17, 15) is 14.0 Å². The molecule has 0 fully saturated rings. The monoisotopic (exact) mass is 301 g/mol. The van der Waals surface area contributed by atoms with Gasteiger partial charge < -0.3 is 9.64 Å². The predicted octanol–water partition coefficient (Wildman–Crippen LogP) is 1.76. The van der Waals surface area contributed by atoms with Crippen LogP contribution in [0.15, 0.2) is 16.6 Å². The van der Waals surface area contributed by atoms with E-state index in [0.717, 1.165) is 6.07 Å². The van der Waals surface area contributed by atoms with E-state index in [1.54, 1.807) is 0 Å². The standard InChI is InChI=1S/C11H9BrFNO3/c1-17-3-2-14-9-7(10(15)11(14)16)4-6(13)5-8(9)12/h4-5H,2-3H2,1H3. The average molecular weight is 302 g/mol. The molecule has 1 heterocycles. The van der Waals surface area contributed by atoms with E-state index in [4.69, 9.17) is 4.74 Å². The van der Waals surface area contributed by atoms with Crippen molar-refractivity contribution < 1.29 is 18.7 Å². The van der Waals surface area contributed by atoms with Gasteiger partial charge in [0, 0.05) is 18.1 Å². The van der Waals surface area contributed by atoms with Gasteiger partial charge >= 0.3 is 0 Å². The molecule has 17 heavy (non-hydrogen) atoms. The van der Waals surface area contributed by atoms with Gasteiger partial charge in [0.1, 0.15) is 5.82 Å². The summed E-state index contributed by atoms with van der Waals surface area (Å²) in [7, 11) is 1.50. The molecular weight excluding hydrogens is 293 g/mol. The van der Waals surface area contributed by atoms with Gasteiger partial charge in [-0.2, -0.15) is 0 Å². The van der Waals surface area contributed by atoms with Crippen LogP contribution < -0.4 is 4.90 Å². The second-order valence-corrected chi connectivity index (χ2v) is 4.42. The Balaban J connectivity index is 2.48. The number of hydrogen-bond acceptors (Lipinski definition) is 3. The highest BCUT2D eigenvalue weighted by atomic mass is 79.9. The van der Waals surface area contributed by atoms with Crippen LogP contribution in [-0.4, -0.2) is 32.0 Å². The van der Waals surface area contributed by atoms with Crippen molar-refractivity contribution in [3.8, 4) is 0 Å². The summed E-state index contributed by atoms with van der Waals surface area (Å²) < 4.78 is 18.4. The number of ketones is 1. The Hall–Kier alpha value is -1.27. The number of hydrogen-bond donors (Lipinski definition) is 0. The first-order valence-corrected chi connectivity index (χ1v) is 5.69. The van der Waals surface area contributed by atoms with Crippen molar-refractivity contribution >= 4 is 33.3 Å². The van der Waals surface area contributed by atoms with Crippen molar-refractivity contribution in [1.82, 2.24) is 0 Å². The summed E-state index contributed by atoms with van der Waals surface area (Å²) in [5.41, 5.74) is 0.511. The number of halogens is 2. The molecule has 90 valence electrons. The van der Waals surface area contributed by atoms with Gasteiger partial charge in [-0.25, -0.2) is 4.39 Å². The molecule has 0 saturated carbocycles. The van der Waals surface area contributed by atoms with Gasteiger partial charge in [0.05, 0.1) is 17.9 Å². The number of Topliss-reactive ketones (excluding diaryl/α,β-unsaturated/α-hetero) is 1. The summed E-state index contributed by atoms with van der Waals surface area (Å²) >= 11 is 3.16. The van der Waals surface area contributed by atoms with Crippen molar-refractivity contribution in [2.45, 2.75) is 0 Å². The molecule has 1 aliphatic rings. The van der Waals surface area contributed by atoms with E-state index < -0.39 is 17.5 Å². The molecule has 0 atom stereocenters. The van der Waals surface area contributed by atoms with Crippen LogP contribution in [0.1, 0.15) is 10.4 Å². The van der Waals surface area contributed by atoms with E-state index in [2.05, 4.69) is 15.9 Å². The van der Waals surface area contributed by atoms with Crippen LogP contribution in [0.4, 0.5) is 10.1 Å². The third-order valence-electron chi connectivity index (χ3n) is 2.50. The molecule has 1 aromatic carbocycles. The highest BCUT2D eigenvalue weighted by molar-refractivity contribution is 9.10. The lowest BCUT2D eigenvalue weighted by Crippen LogP contribution is -2.32. The number of carbonyl (C=O) groups excluding carboxylic acids is 2. The predicted molar refractivity (Wildman–Crippen MR) is 62.7 cm³/mol. The molecule has 4 nitrogen and oxygen atoms in total. The van der Waals surface area contributed by atoms with Crippen LogP contribution in [0.5, 0.6) is 0 Å². The Kier molecular flexibility index (Phi) is 3.26. The van der Waals surface area contributed by atoms with Gasteiger partial charge in [0.25, 0.3) is 11.7 Å². The molecule has 0 aromatic heterocycles. The van der Waals surface area contributed by atoms with Gasteiger partial charge in [-0.15, -0.1) is 0 Å². The van der Waals surface area contributed by atoms with E-state index >= 15 is 0 Å². The maximum Gasteiger partial charge on any atom is 0.299 e. The van der Waals surface area contributed by atoms with Gasteiger partial charge in [-0.3, -0.25) is 9.59 Å². The maximum atomic E-state index is 13.2. The number of amides is 1. The first-order chi connectivity index (χ1) is 8.06. The molecule has 1 aliphatic heterocycles. The Morgan fingerprint density at radius 3 is 2.76 bits per heavy atom. The molecular formula is C11H9BrFNO3. The van der Waals surface area contributed by atoms with Crippen molar-refractivity contribution in [2.75, 3.05) is 25.2 Å². The van der Waals surface area contributed by atoms with Crippen LogP contribution >= 0.6 is 15.9 Å². The fraction of sp³-hybridized carbons (Fsp3) is 0.273. The molecule has 1 amide bonds. The molecule has 6 heteroatoms. The highest BCUT2D eigenvalue weighted by Crippen LogP contribution is 2.36. The topological polar surface area (TPSA) is 46.6 Å². The molecule has 0 spiro atoms. The molecule has 0 saturated heterocycles. The molecule has 0 unspecified atom stereocenters. The van der Waals surface area contributed by atoms with Crippen LogP contribution in [0, 0.1) is 5.82 Å². The lowest BCUT2D eigenvalue weighted by molar-refractivity contribution is -0.114. The maximum absolute atomic E-state index is 13.2. The minimum absolute atomic E-state index is 0.0954. The highest BCUT2D eigenvalue weighted by Gasteiger charge is 2.37. The zero-order chi connectivity index (χ0) is 12.6. The third-order valence-corrected chi connectivity index (χ3v) is 3.11. The summed E-state index contributed by atoms with van der Waals surface area (Å²) in [5.74, 6) is -1.88. The lowest BCUT2D eigenvalue weighted by Gasteiger charge is -2.17. The molecule has 0 bridgehead atoms. The van der Waals surface area contributed by atoms with Crippen molar-refractivity contribution in [3.05, 3.63) is 28.0 Å². The van der Waals surface area contributed by atoms with Crippen LogP contribution in [-0.2, 0) is 9.53 Å². The third kappa shape index (κ3) is 1.98. The van der Waals surface area contributed by atoms with Crippen molar-refractivity contribution in [1.29, 1.82) is 0 Å². The quantitative estimate of drug-likeness (QED) is 0.799. The largest absolute Gasteiger partial charge is 0.383 e. The number of ether oxygens (including phenoxy) is 1. The summed E-state index contributed by atoms with van der Waals surface area (Å²) in [6, 6.07) is 2.30. The van der Waals surface area contributed by atoms with E-state index in [-0.39, 0.29) is 12.1 Å². The summed E-state index contributed by atoms with van der Waals surface area (Å²) in [5, 5.41) is 0. The van der Waals surface area contributed by atoms with E-state index in [1.165, 1.54) is 18.1 Å². The summed E-state index contributed by atoms with van der Waals surface area (Å²) in [6.07, 6.45) is 0. The molecule has 0 radical (unpaired) electrons. The van der Waals surface area contributed by atoms with E-state index in [0.29, 0.717) is 16.8 Å². The number of nitrogens with zero attached hydrogens (tertiary/aromatic N) is 1. The number of anilines is 1. The number of rotatable bonds is 3. The number of methoxy groups -OCH3 is 1. The minimum atomic E-state index is -0.684. The minimum Gasteiger partial charge on any atom is -0.383 e. The van der Waals surface area contributed by atoms with Crippen molar-refractivity contribution in [3.63, 3.8) is 0 Å². The van der Waals surface area contributed by atoms with Gasteiger partial charge in [-0.1, -0.05) is 0 Å². The first-order valence-electron chi connectivity index (χ1n) is 4.90. The first kappa shape index (κ1) is 12.2. The zero-order valence-electron chi connectivity index (χ0n) is 9.00. The zero-order valence-corrected chi connectivity index (χ0v) is 10.6. The molecule has 0 N–H and O–H groups in total. The second-order valence-electron chi connectivity index (χ2n) is 3.56. The van der Waals surface area contributed by atoms with E-state index in [1.807, 2.05) is 0 Å². The number of fused-ring (bicyclic) bond motifs is 1. The van der Waals surface area contributed by atoms with Crippen LogP contribution in [0.25, 0.3) is 0 Å². The molecule has 2 rings (SSSR count). The fourth-order valence-electron chi connectivity index (χ4n) is 1.75. The van der Waals surface area contributed by atoms with Gasteiger partial charge in [-0.05, 0) is 28.1 Å². The van der Waals surface area contributed by atoms with Gasteiger partial charge in [0.2, 0.25) is 0 Å². The summed E-state index contributed by atoms with van der Waals surface area (Å²) in [6.45, 7) is 0.570. The Morgan fingerprint density at radius 2 is 2.12 bits per heavy atom. The fourth-order valence-corrected chi connectivity index (χ4v) is 2.39. The second kappa shape index (κ2) is 4.54.